The van der Waals surface area contributed by atoms with Gasteiger partial charge in [0, 0.05) is 50.6 Å². The first-order valence-electron chi connectivity index (χ1n) is 13.6. The Kier molecular flexibility index (Phi) is 9.35. The number of carbonyl (C=O) groups is 2. The van der Waals surface area contributed by atoms with E-state index in [1.54, 1.807) is 23.8 Å². The standard InChI is InChI=1S/C24H40ClF2N7O3S/c1-11-5-12(13-6-19(25)30-8-17(13)37-2)14(7-29-11)22(35)33-24-32-16-9-34(10-18(16)38-24)23(36)21-28-4-3-15(31-21)20(26)27/h11-21,24,28-32H,3-10H2,1-2H3,(H,33,35). The van der Waals surface area contributed by atoms with Crippen molar-refractivity contribution in [3.05, 3.63) is 0 Å². The average molecular weight is 580 g/mol. The quantitative estimate of drug-likeness (QED) is 0.185. The number of likely N-dealkylation sites (tertiary alicyclic amines) is 1. The fraction of sp³-hybridized carbons (Fsp3) is 0.917. The summed E-state index contributed by atoms with van der Waals surface area (Å²) in [6.07, 6.45) is -1.34. The second kappa shape index (κ2) is 12.4. The molecule has 5 fully saturated rings. The summed E-state index contributed by atoms with van der Waals surface area (Å²) in [6.45, 7) is 4.81. The lowest BCUT2D eigenvalue weighted by atomic mass is 9.70. The van der Waals surface area contributed by atoms with E-state index in [0.717, 1.165) is 12.8 Å². The molecule has 38 heavy (non-hydrogen) atoms. The minimum atomic E-state index is -2.50. The van der Waals surface area contributed by atoms with Gasteiger partial charge in [-0.25, -0.2) is 8.78 Å². The molecule has 11 unspecified atom stereocenters. The molecule has 0 aromatic heterocycles. The Morgan fingerprint density at radius 3 is 2.66 bits per heavy atom. The second-order valence-corrected chi connectivity index (χ2v) is 13.1. The zero-order valence-electron chi connectivity index (χ0n) is 21.8. The van der Waals surface area contributed by atoms with Crippen molar-refractivity contribution in [3.8, 4) is 0 Å². The molecule has 5 rings (SSSR count). The first kappa shape index (κ1) is 28.7. The lowest BCUT2D eigenvalue weighted by Crippen LogP contribution is -2.62. The van der Waals surface area contributed by atoms with Crippen molar-refractivity contribution in [1.29, 1.82) is 0 Å². The van der Waals surface area contributed by atoms with Crippen molar-refractivity contribution >= 4 is 35.2 Å². The summed E-state index contributed by atoms with van der Waals surface area (Å²) in [6, 6.07) is -0.626. The Bertz CT molecular complexity index is 852. The lowest BCUT2D eigenvalue weighted by Gasteiger charge is -2.45. The number of hydrogen-bond acceptors (Lipinski definition) is 9. The van der Waals surface area contributed by atoms with Gasteiger partial charge >= 0.3 is 0 Å². The fourth-order valence-electron chi connectivity index (χ4n) is 6.73. The van der Waals surface area contributed by atoms with E-state index < -0.39 is 18.6 Å². The molecule has 0 aliphatic carbocycles. The van der Waals surface area contributed by atoms with Crippen LogP contribution in [-0.2, 0) is 14.3 Å². The van der Waals surface area contributed by atoms with Crippen LogP contribution in [-0.4, -0.2) is 110 Å². The van der Waals surface area contributed by atoms with Gasteiger partial charge < -0.3 is 20.3 Å². The molecule has 0 spiro atoms. The Morgan fingerprint density at radius 2 is 1.92 bits per heavy atom. The maximum absolute atomic E-state index is 13.5. The molecule has 5 aliphatic rings. The zero-order valence-corrected chi connectivity index (χ0v) is 23.4. The third-order valence-corrected chi connectivity index (χ3v) is 10.5. The van der Waals surface area contributed by atoms with Crippen LogP contribution in [0, 0.1) is 17.8 Å². The Balaban J connectivity index is 1.15. The van der Waals surface area contributed by atoms with Gasteiger partial charge in [-0.05, 0) is 44.6 Å². The minimum Gasteiger partial charge on any atom is -0.380 e. The summed E-state index contributed by atoms with van der Waals surface area (Å²) in [5.74, 6) is -0.0290. The number of carbonyl (C=O) groups excluding carboxylic acids is 2. The van der Waals surface area contributed by atoms with Crippen LogP contribution in [0.25, 0.3) is 0 Å². The zero-order chi connectivity index (χ0) is 27.0. The number of rotatable bonds is 6. The van der Waals surface area contributed by atoms with Crippen LogP contribution in [0.3, 0.4) is 0 Å². The summed E-state index contributed by atoms with van der Waals surface area (Å²) >= 11 is 8.06. The monoisotopic (exact) mass is 579 g/mol. The molecule has 5 heterocycles. The van der Waals surface area contributed by atoms with Crippen molar-refractivity contribution in [3.63, 3.8) is 0 Å². The second-order valence-electron chi connectivity index (χ2n) is 11.2. The molecule has 11 atom stereocenters. The number of hydrogen-bond donors (Lipinski definition) is 6. The van der Waals surface area contributed by atoms with Gasteiger partial charge in [0.1, 0.15) is 11.7 Å². The normalized spacial score (nSPS) is 43.7. The number of amides is 2. The van der Waals surface area contributed by atoms with Crippen molar-refractivity contribution in [2.24, 2.45) is 17.8 Å². The first-order valence-corrected chi connectivity index (χ1v) is 15.0. The molecular formula is C24H40ClF2N7O3S. The smallest absolute Gasteiger partial charge is 0.254 e. The number of nitrogens with one attached hydrogen (secondary N) is 6. The van der Waals surface area contributed by atoms with Gasteiger partial charge in [0.25, 0.3) is 12.3 Å². The molecule has 10 nitrogen and oxygen atoms in total. The molecule has 0 aromatic carbocycles. The highest BCUT2D eigenvalue weighted by Crippen LogP contribution is 2.38. The molecule has 14 heteroatoms. The van der Waals surface area contributed by atoms with Gasteiger partial charge in [0.15, 0.2) is 0 Å². The van der Waals surface area contributed by atoms with E-state index in [0.29, 0.717) is 38.8 Å². The van der Waals surface area contributed by atoms with E-state index in [2.05, 4.69) is 38.8 Å². The average Bonchev–Trinajstić information content (AvgIpc) is 3.47. The van der Waals surface area contributed by atoms with Crippen molar-refractivity contribution in [2.75, 3.05) is 39.8 Å². The van der Waals surface area contributed by atoms with Crippen LogP contribution >= 0.6 is 23.4 Å². The molecular weight excluding hydrogens is 540 g/mol. The van der Waals surface area contributed by atoms with Crippen LogP contribution in [0.4, 0.5) is 8.78 Å². The molecule has 216 valence electrons. The number of fused-ring (bicyclic) bond motifs is 1. The summed E-state index contributed by atoms with van der Waals surface area (Å²) in [5, 5.41) is 19.3. The van der Waals surface area contributed by atoms with Crippen LogP contribution in [0.1, 0.15) is 26.2 Å². The number of methoxy groups -OCH3 is 1. The molecule has 0 radical (unpaired) electrons. The highest BCUT2D eigenvalue weighted by Gasteiger charge is 2.47. The van der Waals surface area contributed by atoms with Gasteiger partial charge in [-0.15, -0.1) is 23.4 Å². The molecule has 0 aromatic rings. The lowest BCUT2D eigenvalue weighted by molar-refractivity contribution is -0.135. The first-order chi connectivity index (χ1) is 18.2. The van der Waals surface area contributed by atoms with E-state index >= 15 is 0 Å². The predicted octanol–water partition coefficient (Wildman–Crippen LogP) is -0.352. The number of nitrogens with zero attached hydrogens (tertiary/aromatic N) is 1. The van der Waals surface area contributed by atoms with Crippen LogP contribution in [0.5, 0.6) is 0 Å². The van der Waals surface area contributed by atoms with E-state index in [1.165, 1.54) is 0 Å². The Labute approximate surface area is 231 Å². The number of ether oxygens (including phenoxy) is 1. The van der Waals surface area contributed by atoms with E-state index in [1.807, 2.05) is 0 Å². The summed E-state index contributed by atoms with van der Waals surface area (Å²) in [4.78, 5) is 28.2. The SMILES string of the molecule is COC1CNC(Cl)CC1C1CC(C)NCC1C(=O)NC1NC2CN(C(=O)C3NCCC(C(F)F)N3)CC2S1. The maximum Gasteiger partial charge on any atom is 0.254 e. The summed E-state index contributed by atoms with van der Waals surface area (Å²) in [7, 11) is 1.72. The van der Waals surface area contributed by atoms with Gasteiger partial charge in [-0.1, -0.05) is 0 Å². The predicted molar refractivity (Wildman–Crippen MR) is 142 cm³/mol. The number of piperidine rings is 2. The molecule has 0 bridgehead atoms. The van der Waals surface area contributed by atoms with Crippen molar-refractivity contribution in [1.82, 2.24) is 36.8 Å². The van der Waals surface area contributed by atoms with Gasteiger partial charge in [0.2, 0.25) is 5.91 Å². The Morgan fingerprint density at radius 1 is 1.11 bits per heavy atom. The van der Waals surface area contributed by atoms with Crippen LogP contribution < -0.4 is 31.9 Å². The fourth-order valence-corrected chi connectivity index (χ4v) is 8.43. The summed E-state index contributed by atoms with van der Waals surface area (Å²) in [5.41, 5.74) is -0.367. The van der Waals surface area contributed by atoms with E-state index in [-0.39, 0.29) is 64.4 Å². The Hall–Kier alpha value is -0.800. The molecule has 2 amide bonds. The van der Waals surface area contributed by atoms with Gasteiger partial charge in [-0.3, -0.25) is 30.9 Å². The maximum atomic E-state index is 13.5. The highest BCUT2D eigenvalue weighted by molar-refractivity contribution is 8.00. The molecule has 0 saturated carbocycles. The topological polar surface area (TPSA) is 119 Å². The molecule has 5 aliphatic heterocycles. The van der Waals surface area contributed by atoms with Crippen molar-refractivity contribution < 1.29 is 23.1 Å². The van der Waals surface area contributed by atoms with Crippen LogP contribution in [0.2, 0.25) is 0 Å². The van der Waals surface area contributed by atoms with Gasteiger partial charge in [-0.2, -0.15) is 0 Å². The van der Waals surface area contributed by atoms with E-state index in [9.17, 15) is 18.4 Å². The van der Waals surface area contributed by atoms with Crippen LogP contribution in [0.15, 0.2) is 0 Å². The summed E-state index contributed by atoms with van der Waals surface area (Å²) < 4.78 is 32.0. The number of alkyl halides is 3. The third kappa shape index (κ3) is 6.24. The third-order valence-electron chi connectivity index (χ3n) is 8.78. The van der Waals surface area contributed by atoms with Gasteiger partial charge in [0.05, 0.1) is 23.6 Å². The highest BCUT2D eigenvalue weighted by atomic mass is 35.5. The van der Waals surface area contributed by atoms with Crippen molar-refractivity contribution in [2.45, 2.75) is 79.3 Å². The minimum absolute atomic E-state index is 0.0143. The number of thioether (sulfide) groups is 1. The van der Waals surface area contributed by atoms with E-state index in [4.69, 9.17) is 16.3 Å². The molecule has 5 saturated heterocycles. The molecule has 6 N–H and O–H groups in total. The largest absolute Gasteiger partial charge is 0.380 e. The number of halogens is 3.